The highest BCUT2D eigenvalue weighted by Gasteiger charge is 2.21. The molecule has 0 saturated heterocycles. The summed E-state index contributed by atoms with van der Waals surface area (Å²) in [5.41, 5.74) is 9.14. The van der Waals surface area contributed by atoms with Crippen LogP contribution in [-0.4, -0.2) is 16.4 Å². The molecule has 4 nitrogen and oxygen atoms in total. The second-order valence-electron chi connectivity index (χ2n) is 5.04. The van der Waals surface area contributed by atoms with E-state index in [1.807, 2.05) is 23.7 Å². The summed E-state index contributed by atoms with van der Waals surface area (Å²) in [6.45, 7) is 4.24. The van der Waals surface area contributed by atoms with E-state index in [-0.39, 0.29) is 0 Å². The number of nitrogens with zero attached hydrogens (tertiary/aromatic N) is 2. The minimum absolute atomic E-state index is 0.467. The second-order valence-corrected chi connectivity index (χ2v) is 5.04. The van der Waals surface area contributed by atoms with Crippen molar-refractivity contribution in [2.75, 3.05) is 6.61 Å². The summed E-state index contributed by atoms with van der Waals surface area (Å²) < 4.78 is 7.71. The zero-order valence-electron chi connectivity index (χ0n) is 11.2. The number of aryl methyl sites for hydroxylation is 1. The van der Waals surface area contributed by atoms with Gasteiger partial charge in [0.05, 0.1) is 12.3 Å². The molecular weight excluding hydrogens is 238 g/mol. The molecule has 0 amide bonds. The molecule has 0 aliphatic carbocycles. The van der Waals surface area contributed by atoms with Gasteiger partial charge in [-0.3, -0.25) is 4.68 Å². The van der Waals surface area contributed by atoms with Crippen molar-refractivity contribution in [3.8, 4) is 5.75 Å². The molecule has 0 fully saturated rings. The SMILES string of the molecule is Cc1nn(CC2CCOc3ccccc32)cc1CN. The molecule has 1 aromatic carbocycles. The van der Waals surface area contributed by atoms with Gasteiger partial charge in [0.25, 0.3) is 0 Å². The van der Waals surface area contributed by atoms with Crippen LogP contribution in [0.25, 0.3) is 0 Å². The first-order valence-electron chi connectivity index (χ1n) is 6.72. The molecule has 0 saturated carbocycles. The van der Waals surface area contributed by atoms with Gasteiger partial charge in [-0.25, -0.2) is 0 Å². The molecule has 1 aromatic heterocycles. The molecule has 1 atom stereocenters. The lowest BCUT2D eigenvalue weighted by molar-refractivity contribution is 0.256. The van der Waals surface area contributed by atoms with Crippen LogP contribution < -0.4 is 10.5 Å². The molecular formula is C15H19N3O. The summed E-state index contributed by atoms with van der Waals surface area (Å²) in [4.78, 5) is 0. The summed E-state index contributed by atoms with van der Waals surface area (Å²) >= 11 is 0. The van der Waals surface area contributed by atoms with Crippen LogP contribution in [0.5, 0.6) is 5.75 Å². The maximum atomic E-state index is 5.70. The van der Waals surface area contributed by atoms with Gasteiger partial charge < -0.3 is 10.5 Å². The molecule has 100 valence electrons. The van der Waals surface area contributed by atoms with E-state index in [2.05, 4.69) is 23.4 Å². The molecule has 1 aliphatic rings. The Balaban J connectivity index is 1.84. The van der Waals surface area contributed by atoms with Crippen LogP contribution >= 0.6 is 0 Å². The van der Waals surface area contributed by atoms with Crippen LogP contribution in [0.3, 0.4) is 0 Å². The molecule has 2 heterocycles. The predicted octanol–water partition coefficient (Wildman–Crippen LogP) is 2.22. The molecule has 1 unspecified atom stereocenters. The van der Waals surface area contributed by atoms with Crippen molar-refractivity contribution in [1.82, 2.24) is 9.78 Å². The lowest BCUT2D eigenvalue weighted by atomic mass is 9.93. The third-order valence-corrected chi connectivity index (χ3v) is 3.76. The van der Waals surface area contributed by atoms with Crippen molar-refractivity contribution in [2.24, 2.45) is 5.73 Å². The molecule has 0 spiro atoms. The zero-order chi connectivity index (χ0) is 13.2. The van der Waals surface area contributed by atoms with Crippen LogP contribution in [0.2, 0.25) is 0 Å². The van der Waals surface area contributed by atoms with E-state index in [1.165, 1.54) is 5.56 Å². The average molecular weight is 257 g/mol. The first-order valence-corrected chi connectivity index (χ1v) is 6.72. The van der Waals surface area contributed by atoms with E-state index in [1.54, 1.807) is 0 Å². The Morgan fingerprint density at radius 1 is 1.42 bits per heavy atom. The summed E-state index contributed by atoms with van der Waals surface area (Å²) in [7, 11) is 0. The summed E-state index contributed by atoms with van der Waals surface area (Å²) in [6.07, 6.45) is 3.10. The smallest absolute Gasteiger partial charge is 0.122 e. The minimum Gasteiger partial charge on any atom is -0.493 e. The van der Waals surface area contributed by atoms with Crippen LogP contribution in [0.15, 0.2) is 30.5 Å². The number of hydrogen-bond donors (Lipinski definition) is 1. The fraction of sp³-hybridized carbons (Fsp3) is 0.400. The number of hydrogen-bond acceptors (Lipinski definition) is 3. The Morgan fingerprint density at radius 2 is 2.26 bits per heavy atom. The van der Waals surface area contributed by atoms with Gasteiger partial charge in [0, 0.05) is 30.8 Å². The van der Waals surface area contributed by atoms with Crippen LogP contribution in [0.1, 0.15) is 29.2 Å². The van der Waals surface area contributed by atoms with Gasteiger partial charge in [-0.05, 0) is 25.0 Å². The second kappa shape index (κ2) is 5.05. The number of nitrogens with two attached hydrogens (primary N) is 1. The highest BCUT2D eigenvalue weighted by Crippen LogP contribution is 2.34. The van der Waals surface area contributed by atoms with Gasteiger partial charge in [-0.15, -0.1) is 0 Å². The molecule has 2 N–H and O–H groups in total. The van der Waals surface area contributed by atoms with E-state index < -0.39 is 0 Å². The Kier molecular flexibility index (Phi) is 3.25. The van der Waals surface area contributed by atoms with Gasteiger partial charge >= 0.3 is 0 Å². The van der Waals surface area contributed by atoms with E-state index >= 15 is 0 Å². The van der Waals surface area contributed by atoms with Crippen molar-refractivity contribution < 1.29 is 4.74 Å². The number of benzene rings is 1. The van der Waals surface area contributed by atoms with Crippen LogP contribution in [-0.2, 0) is 13.1 Å². The molecule has 1 aliphatic heterocycles. The number of fused-ring (bicyclic) bond motifs is 1. The van der Waals surface area contributed by atoms with Crippen LogP contribution in [0, 0.1) is 6.92 Å². The predicted molar refractivity (Wildman–Crippen MR) is 74.2 cm³/mol. The molecule has 2 aromatic rings. The lowest BCUT2D eigenvalue weighted by Gasteiger charge is -2.25. The van der Waals surface area contributed by atoms with E-state index in [4.69, 9.17) is 10.5 Å². The van der Waals surface area contributed by atoms with Crippen molar-refractivity contribution in [1.29, 1.82) is 0 Å². The quantitative estimate of drug-likeness (QED) is 0.917. The normalized spacial score (nSPS) is 17.9. The van der Waals surface area contributed by atoms with Gasteiger partial charge in [0.15, 0.2) is 0 Å². The van der Waals surface area contributed by atoms with E-state index in [0.717, 1.165) is 36.6 Å². The molecule has 0 radical (unpaired) electrons. The first-order chi connectivity index (χ1) is 9.28. The van der Waals surface area contributed by atoms with Gasteiger partial charge in [0.2, 0.25) is 0 Å². The third kappa shape index (κ3) is 2.36. The maximum Gasteiger partial charge on any atom is 0.122 e. The monoisotopic (exact) mass is 257 g/mol. The topological polar surface area (TPSA) is 53.1 Å². The highest BCUT2D eigenvalue weighted by molar-refractivity contribution is 5.37. The Bertz CT molecular complexity index is 577. The fourth-order valence-corrected chi connectivity index (χ4v) is 2.68. The Hall–Kier alpha value is -1.81. The number of rotatable bonds is 3. The standard InChI is InChI=1S/C15H19N3O/c1-11-13(8-16)10-18(17-11)9-12-6-7-19-15-5-3-2-4-14(12)15/h2-5,10,12H,6-9,16H2,1H3. The first kappa shape index (κ1) is 12.2. The number of aromatic nitrogens is 2. The summed E-state index contributed by atoms with van der Waals surface area (Å²) in [5, 5.41) is 4.54. The largest absolute Gasteiger partial charge is 0.493 e. The van der Waals surface area contributed by atoms with Gasteiger partial charge in [0.1, 0.15) is 5.75 Å². The van der Waals surface area contributed by atoms with E-state index in [9.17, 15) is 0 Å². The molecule has 0 bridgehead atoms. The fourth-order valence-electron chi connectivity index (χ4n) is 2.68. The average Bonchev–Trinajstić information content (AvgIpc) is 2.79. The number of para-hydroxylation sites is 1. The van der Waals surface area contributed by atoms with Crippen molar-refractivity contribution >= 4 is 0 Å². The Morgan fingerprint density at radius 3 is 3.05 bits per heavy atom. The van der Waals surface area contributed by atoms with Gasteiger partial charge in [-0.2, -0.15) is 5.10 Å². The zero-order valence-corrected chi connectivity index (χ0v) is 11.2. The third-order valence-electron chi connectivity index (χ3n) is 3.76. The van der Waals surface area contributed by atoms with Crippen LogP contribution in [0.4, 0.5) is 0 Å². The minimum atomic E-state index is 0.467. The summed E-state index contributed by atoms with van der Waals surface area (Å²) in [6, 6.07) is 8.28. The summed E-state index contributed by atoms with van der Waals surface area (Å²) in [5.74, 6) is 1.48. The lowest BCUT2D eigenvalue weighted by Crippen LogP contribution is -2.18. The van der Waals surface area contributed by atoms with Crippen molar-refractivity contribution in [3.63, 3.8) is 0 Å². The van der Waals surface area contributed by atoms with E-state index in [0.29, 0.717) is 12.5 Å². The molecule has 4 heteroatoms. The van der Waals surface area contributed by atoms with Crippen molar-refractivity contribution in [3.05, 3.63) is 47.3 Å². The van der Waals surface area contributed by atoms with Crippen molar-refractivity contribution in [2.45, 2.75) is 32.4 Å². The highest BCUT2D eigenvalue weighted by atomic mass is 16.5. The maximum absolute atomic E-state index is 5.70. The van der Waals surface area contributed by atoms with Gasteiger partial charge in [-0.1, -0.05) is 18.2 Å². The number of ether oxygens (including phenoxy) is 1. The molecule has 19 heavy (non-hydrogen) atoms. The molecule has 3 rings (SSSR count). The Labute approximate surface area is 113 Å².